The summed E-state index contributed by atoms with van der Waals surface area (Å²) in [5.41, 5.74) is 1.45. The Morgan fingerprint density at radius 2 is 2.32 bits per heavy atom. The van der Waals surface area contributed by atoms with Gasteiger partial charge in [-0.05, 0) is 18.6 Å². The molecule has 1 aliphatic heterocycles. The Balaban J connectivity index is 2.17. The van der Waals surface area contributed by atoms with Gasteiger partial charge in [-0.2, -0.15) is 11.8 Å². The summed E-state index contributed by atoms with van der Waals surface area (Å²) in [6.07, 6.45) is 3.23. The Bertz CT molecular complexity index is 493. The number of pyridine rings is 1. The number of rotatable bonds is 3. The molecule has 1 aromatic rings. The van der Waals surface area contributed by atoms with Gasteiger partial charge in [-0.15, -0.1) is 0 Å². The maximum atomic E-state index is 12.4. The third kappa shape index (κ3) is 3.47. The summed E-state index contributed by atoms with van der Waals surface area (Å²) in [5, 5.41) is 8.92. The van der Waals surface area contributed by atoms with Crippen LogP contribution in [0.1, 0.15) is 22.3 Å². The van der Waals surface area contributed by atoms with E-state index in [1.54, 1.807) is 28.9 Å². The van der Waals surface area contributed by atoms with Crippen LogP contribution in [-0.4, -0.2) is 51.0 Å². The van der Waals surface area contributed by atoms with Crippen LogP contribution in [0.4, 0.5) is 0 Å². The van der Waals surface area contributed by atoms with Crippen molar-refractivity contribution >= 4 is 23.6 Å². The van der Waals surface area contributed by atoms with Gasteiger partial charge in [0.1, 0.15) is 0 Å². The molecule has 1 amide bonds. The van der Waals surface area contributed by atoms with Crippen molar-refractivity contribution in [1.82, 2.24) is 9.88 Å². The maximum Gasteiger partial charge on any atom is 0.305 e. The lowest BCUT2D eigenvalue weighted by atomic mass is 10.1. The van der Waals surface area contributed by atoms with Crippen LogP contribution in [0.3, 0.4) is 0 Å². The van der Waals surface area contributed by atoms with Gasteiger partial charge in [-0.3, -0.25) is 14.6 Å². The van der Waals surface area contributed by atoms with E-state index in [1.807, 2.05) is 6.92 Å². The number of carboxylic acid groups (broad SMARTS) is 1. The summed E-state index contributed by atoms with van der Waals surface area (Å²) >= 11 is 1.69. The Morgan fingerprint density at radius 1 is 1.53 bits per heavy atom. The van der Waals surface area contributed by atoms with E-state index in [0.717, 1.165) is 11.3 Å². The number of thioether (sulfide) groups is 1. The molecule has 0 bridgehead atoms. The molecule has 6 heteroatoms. The van der Waals surface area contributed by atoms with Gasteiger partial charge >= 0.3 is 5.97 Å². The second-order valence-electron chi connectivity index (χ2n) is 4.58. The van der Waals surface area contributed by atoms with Gasteiger partial charge in [0, 0.05) is 30.4 Å². The van der Waals surface area contributed by atoms with Crippen LogP contribution in [0.5, 0.6) is 0 Å². The molecule has 1 N–H and O–H groups in total. The zero-order valence-corrected chi connectivity index (χ0v) is 11.5. The van der Waals surface area contributed by atoms with Crippen molar-refractivity contribution in [3.05, 3.63) is 29.6 Å². The molecule has 2 heterocycles. The van der Waals surface area contributed by atoms with E-state index in [4.69, 9.17) is 5.11 Å². The Morgan fingerprint density at radius 3 is 3.00 bits per heavy atom. The second-order valence-corrected chi connectivity index (χ2v) is 5.73. The van der Waals surface area contributed by atoms with Crippen LogP contribution >= 0.6 is 11.8 Å². The molecule has 0 spiro atoms. The first-order chi connectivity index (χ1) is 9.08. The number of aryl methyl sites for hydroxylation is 1. The van der Waals surface area contributed by atoms with E-state index in [1.165, 1.54) is 6.20 Å². The van der Waals surface area contributed by atoms with Gasteiger partial charge in [0.05, 0.1) is 18.0 Å². The van der Waals surface area contributed by atoms with Gasteiger partial charge in [0.25, 0.3) is 5.91 Å². The SMILES string of the molecule is Cc1cncc(C(=O)N2CCSCC2CC(=O)O)c1. The number of carboxylic acids is 1. The van der Waals surface area contributed by atoms with E-state index in [2.05, 4.69) is 4.98 Å². The summed E-state index contributed by atoms with van der Waals surface area (Å²) in [6.45, 7) is 2.47. The van der Waals surface area contributed by atoms with E-state index in [-0.39, 0.29) is 18.4 Å². The van der Waals surface area contributed by atoms with Crippen molar-refractivity contribution in [3.63, 3.8) is 0 Å². The van der Waals surface area contributed by atoms with Crippen molar-refractivity contribution < 1.29 is 14.7 Å². The zero-order chi connectivity index (χ0) is 13.8. The van der Waals surface area contributed by atoms with Crippen molar-refractivity contribution in [2.45, 2.75) is 19.4 Å². The Hall–Kier alpha value is -1.56. The largest absolute Gasteiger partial charge is 0.481 e. The smallest absolute Gasteiger partial charge is 0.305 e. The highest BCUT2D eigenvalue weighted by Crippen LogP contribution is 2.21. The molecule has 1 aromatic heterocycles. The van der Waals surface area contributed by atoms with Crippen LogP contribution in [0.25, 0.3) is 0 Å². The second kappa shape index (κ2) is 6.06. The third-order valence-electron chi connectivity index (χ3n) is 3.02. The molecule has 0 aromatic carbocycles. The molecule has 1 saturated heterocycles. The molecular weight excluding hydrogens is 264 g/mol. The fourth-order valence-corrected chi connectivity index (χ4v) is 3.19. The number of carbonyl (C=O) groups excluding carboxylic acids is 1. The van der Waals surface area contributed by atoms with Gasteiger partial charge in [-0.25, -0.2) is 0 Å². The molecule has 0 aliphatic carbocycles. The average molecular weight is 280 g/mol. The van der Waals surface area contributed by atoms with Crippen molar-refractivity contribution in [2.75, 3.05) is 18.1 Å². The highest BCUT2D eigenvalue weighted by Gasteiger charge is 2.29. The van der Waals surface area contributed by atoms with E-state index < -0.39 is 5.97 Å². The number of hydrogen-bond acceptors (Lipinski definition) is 4. The highest BCUT2D eigenvalue weighted by molar-refractivity contribution is 7.99. The lowest BCUT2D eigenvalue weighted by molar-refractivity contribution is -0.138. The van der Waals surface area contributed by atoms with Crippen LogP contribution in [0.2, 0.25) is 0 Å². The summed E-state index contributed by atoms with van der Waals surface area (Å²) in [4.78, 5) is 29.0. The fourth-order valence-electron chi connectivity index (χ4n) is 2.13. The minimum Gasteiger partial charge on any atom is -0.481 e. The van der Waals surface area contributed by atoms with Crippen molar-refractivity contribution in [2.24, 2.45) is 0 Å². The van der Waals surface area contributed by atoms with Gasteiger partial charge in [0.15, 0.2) is 0 Å². The normalized spacial score (nSPS) is 19.2. The predicted molar refractivity (Wildman–Crippen MR) is 73.4 cm³/mol. The predicted octanol–water partition coefficient (Wildman–Crippen LogP) is 1.42. The third-order valence-corrected chi connectivity index (χ3v) is 4.11. The summed E-state index contributed by atoms with van der Waals surface area (Å²) < 4.78 is 0. The van der Waals surface area contributed by atoms with Crippen LogP contribution in [-0.2, 0) is 4.79 Å². The molecule has 19 heavy (non-hydrogen) atoms. The first-order valence-electron chi connectivity index (χ1n) is 6.10. The molecule has 1 unspecified atom stereocenters. The van der Waals surface area contributed by atoms with Gasteiger partial charge in [-0.1, -0.05) is 0 Å². The van der Waals surface area contributed by atoms with Crippen molar-refractivity contribution in [1.29, 1.82) is 0 Å². The first kappa shape index (κ1) is 13.9. The molecule has 0 radical (unpaired) electrons. The number of amides is 1. The first-order valence-corrected chi connectivity index (χ1v) is 7.25. The summed E-state index contributed by atoms with van der Waals surface area (Å²) in [5.74, 6) is 0.536. The lowest BCUT2D eigenvalue weighted by Crippen LogP contribution is -2.47. The molecule has 0 saturated carbocycles. The Kier molecular flexibility index (Phi) is 4.42. The molecule has 1 fully saturated rings. The van der Waals surface area contributed by atoms with Crippen LogP contribution < -0.4 is 0 Å². The topological polar surface area (TPSA) is 70.5 Å². The molecule has 1 aliphatic rings. The summed E-state index contributed by atoms with van der Waals surface area (Å²) in [6, 6.07) is 1.55. The molecule has 1 atom stereocenters. The lowest BCUT2D eigenvalue weighted by Gasteiger charge is -2.34. The van der Waals surface area contributed by atoms with Gasteiger partial charge < -0.3 is 10.0 Å². The number of aromatic nitrogens is 1. The standard InChI is InChI=1S/C13H16N2O3S/c1-9-4-10(7-14-6-9)13(18)15-2-3-19-8-11(15)5-12(16)17/h4,6-7,11H,2-3,5,8H2,1H3,(H,16,17). The van der Waals surface area contributed by atoms with E-state index >= 15 is 0 Å². The number of aliphatic carboxylic acids is 1. The minimum absolute atomic E-state index is 0.00200. The number of carbonyl (C=O) groups is 2. The fraction of sp³-hybridized carbons (Fsp3) is 0.462. The maximum absolute atomic E-state index is 12.4. The molecule has 5 nitrogen and oxygen atoms in total. The number of nitrogens with zero attached hydrogens (tertiary/aromatic N) is 2. The molecular formula is C13H16N2O3S. The van der Waals surface area contributed by atoms with E-state index in [9.17, 15) is 9.59 Å². The Labute approximate surface area is 116 Å². The minimum atomic E-state index is -0.868. The average Bonchev–Trinajstić information content (AvgIpc) is 2.38. The molecule has 2 rings (SSSR count). The summed E-state index contributed by atoms with van der Waals surface area (Å²) in [7, 11) is 0. The van der Waals surface area contributed by atoms with E-state index in [0.29, 0.717) is 17.9 Å². The van der Waals surface area contributed by atoms with Crippen LogP contribution in [0, 0.1) is 6.92 Å². The monoisotopic (exact) mass is 280 g/mol. The number of hydrogen-bond donors (Lipinski definition) is 1. The quantitative estimate of drug-likeness (QED) is 0.906. The van der Waals surface area contributed by atoms with Crippen LogP contribution in [0.15, 0.2) is 18.5 Å². The highest BCUT2D eigenvalue weighted by atomic mass is 32.2. The van der Waals surface area contributed by atoms with Crippen molar-refractivity contribution in [3.8, 4) is 0 Å². The molecule has 102 valence electrons. The zero-order valence-electron chi connectivity index (χ0n) is 10.7. The van der Waals surface area contributed by atoms with Gasteiger partial charge in [0.2, 0.25) is 0 Å².